The van der Waals surface area contributed by atoms with E-state index in [4.69, 9.17) is 5.73 Å². The second-order valence-corrected chi connectivity index (χ2v) is 5.16. The number of hydrogen-bond acceptors (Lipinski definition) is 3. The lowest BCUT2D eigenvalue weighted by atomic mass is 9.86. The van der Waals surface area contributed by atoms with Gasteiger partial charge in [0.05, 0.1) is 0 Å². The van der Waals surface area contributed by atoms with Gasteiger partial charge in [-0.1, -0.05) is 13.8 Å². The van der Waals surface area contributed by atoms with Gasteiger partial charge in [-0.15, -0.1) is 0 Å². The summed E-state index contributed by atoms with van der Waals surface area (Å²) in [6.45, 7) is 4.00. The van der Waals surface area contributed by atoms with Crippen LogP contribution in [-0.2, 0) is 0 Å². The summed E-state index contributed by atoms with van der Waals surface area (Å²) in [5.41, 5.74) is 6.73. The number of benzene rings is 1. The highest BCUT2D eigenvalue weighted by Gasteiger charge is 2.22. The van der Waals surface area contributed by atoms with Crippen molar-refractivity contribution in [1.82, 2.24) is 15.2 Å². The maximum atomic E-state index is 12.9. The molecule has 0 spiro atoms. The molecule has 1 aromatic carbocycles. The monoisotopic (exact) mass is 290 g/mol. The molecule has 1 fully saturated rings. The van der Waals surface area contributed by atoms with Gasteiger partial charge in [0, 0.05) is 17.5 Å². The first-order valence-electron chi connectivity index (χ1n) is 7.66. The highest BCUT2D eigenvalue weighted by Crippen LogP contribution is 2.30. The van der Waals surface area contributed by atoms with Gasteiger partial charge in [-0.2, -0.15) is 5.10 Å². The van der Waals surface area contributed by atoms with Crippen molar-refractivity contribution >= 4 is 0 Å². The van der Waals surface area contributed by atoms with E-state index in [9.17, 15) is 4.39 Å². The molecule has 1 saturated carbocycles. The van der Waals surface area contributed by atoms with Crippen LogP contribution in [0.4, 0.5) is 4.39 Å². The molecule has 0 radical (unpaired) electrons. The molecule has 1 aliphatic rings. The molecule has 0 unspecified atom stereocenters. The maximum absolute atomic E-state index is 12.9. The third-order valence-electron chi connectivity index (χ3n) is 3.76. The maximum Gasteiger partial charge on any atom is 0.181 e. The van der Waals surface area contributed by atoms with Crippen molar-refractivity contribution in [3.05, 3.63) is 35.9 Å². The van der Waals surface area contributed by atoms with Crippen molar-refractivity contribution in [3.8, 4) is 11.4 Å². The van der Waals surface area contributed by atoms with Gasteiger partial charge in [-0.25, -0.2) is 9.37 Å². The van der Waals surface area contributed by atoms with E-state index in [-0.39, 0.29) is 5.82 Å². The minimum Gasteiger partial charge on any atom is -0.328 e. The van der Waals surface area contributed by atoms with Crippen molar-refractivity contribution in [3.63, 3.8) is 0 Å². The molecule has 2 aromatic rings. The number of aromatic nitrogens is 3. The average Bonchev–Trinajstić information content (AvgIpc) is 3.01. The topological polar surface area (TPSA) is 67.6 Å². The van der Waals surface area contributed by atoms with E-state index in [1.54, 1.807) is 12.1 Å². The molecule has 4 nitrogen and oxygen atoms in total. The zero-order valence-corrected chi connectivity index (χ0v) is 12.6. The number of rotatable bonds is 2. The lowest BCUT2D eigenvalue weighted by Gasteiger charge is -2.23. The molecule has 1 aromatic heterocycles. The fourth-order valence-corrected chi connectivity index (χ4v) is 2.58. The summed E-state index contributed by atoms with van der Waals surface area (Å²) in [5, 5.41) is 7.23. The summed E-state index contributed by atoms with van der Waals surface area (Å²) < 4.78 is 12.9. The first-order valence-corrected chi connectivity index (χ1v) is 7.66. The molecule has 0 atom stereocenters. The Bertz CT molecular complexity index is 542. The third kappa shape index (κ3) is 3.88. The van der Waals surface area contributed by atoms with Gasteiger partial charge in [0.1, 0.15) is 11.6 Å². The Morgan fingerprint density at radius 2 is 1.71 bits per heavy atom. The second-order valence-electron chi connectivity index (χ2n) is 5.16. The molecule has 114 valence electrons. The van der Waals surface area contributed by atoms with Crippen LogP contribution in [0.15, 0.2) is 24.3 Å². The number of halogens is 1. The van der Waals surface area contributed by atoms with Gasteiger partial charge < -0.3 is 5.73 Å². The quantitative estimate of drug-likeness (QED) is 0.887. The molecule has 21 heavy (non-hydrogen) atoms. The summed E-state index contributed by atoms with van der Waals surface area (Å²) in [5.74, 6) is 1.72. The van der Waals surface area contributed by atoms with E-state index in [0.717, 1.165) is 37.1 Å². The number of nitrogens with one attached hydrogen (secondary N) is 1. The number of aromatic amines is 1. The van der Waals surface area contributed by atoms with Crippen LogP contribution in [0.2, 0.25) is 0 Å². The molecule has 1 heterocycles. The van der Waals surface area contributed by atoms with Gasteiger partial charge in [-0.3, -0.25) is 5.10 Å². The smallest absolute Gasteiger partial charge is 0.181 e. The number of nitrogens with zero attached hydrogens (tertiary/aromatic N) is 2. The average molecular weight is 290 g/mol. The molecular weight excluding hydrogens is 267 g/mol. The molecule has 3 rings (SSSR count). The third-order valence-corrected chi connectivity index (χ3v) is 3.76. The lowest BCUT2D eigenvalue weighted by Crippen LogP contribution is -2.26. The Labute approximate surface area is 125 Å². The predicted molar refractivity (Wildman–Crippen MR) is 82.3 cm³/mol. The molecule has 5 heteroatoms. The van der Waals surface area contributed by atoms with E-state index in [0.29, 0.717) is 17.8 Å². The van der Waals surface area contributed by atoms with Crippen LogP contribution in [0.25, 0.3) is 11.4 Å². The van der Waals surface area contributed by atoms with E-state index in [2.05, 4.69) is 15.2 Å². The Morgan fingerprint density at radius 3 is 2.33 bits per heavy atom. The summed E-state index contributed by atoms with van der Waals surface area (Å²) in [4.78, 5) is 4.53. The number of nitrogens with two attached hydrogens (primary N) is 1. The second kappa shape index (κ2) is 7.31. The summed E-state index contributed by atoms with van der Waals surface area (Å²) in [6.07, 6.45) is 4.19. The van der Waals surface area contributed by atoms with Crippen molar-refractivity contribution in [2.24, 2.45) is 5.73 Å². The zero-order chi connectivity index (χ0) is 15.2. The summed E-state index contributed by atoms with van der Waals surface area (Å²) in [7, 11) is 0. The molecule has 0 amide bonds. The van der Waals surface area contributed by atoms with Gasteiger partial charge >= 0.3 is 0 Å². The first kappa shape index (κ1) is 15.6. The Morgan fingerprint density at radius 1 is 1.10 bits per heavy atom. The Balaban J connectivity index is 0.000000774. The van der Waals surface area contributed by atoms with Crippen LogP contribution >= 0.6 is 0 Å². The van der Waals surface area contributed by atoms with Crippen molar-refractivity contribution in [1.29, 1.82) is 0 Å². The summed E-state index contributed by atoms with van der Waals surface area (Å²) >= 11 is 0. The highest BCUT2D eigenvalue weighted by atomic mass is 19.1. The van der Waals surface area contributed by atoms with Crippen LogP contribution in [0, 0.1) is 5.82 Å². The standard InChI is InChI=1S/C14H17FN4.C2H6/c15-11-5-1-9(2-6-11)13-17-14(19-18-13)10-3-7-12(16)8-4-10;1-2/h1-2,5-6,10,12H,3-4,7-8,16H2,(H,17,18,19);1-2H3. The minimum atomic E-state index is -0.249. The molecule has 1 aliphatic carbocycles. The van der Waals surface area contributed by atoms with Crippen LogP contribution in [0.1, 0.15) is 51.3 Å². The van der Waals surface area contributed by atoms with E-state index in [1.807, 2.05) is 13.8 Å². The fraction of sp³-hybridized carbons (Fsp3) is 0.500. The SMILES string of the molecule is CC.NC1CCC(c2nc(-c3ccc(F)cc3)n[nH]2)CC1. The van der Waals surface area contributed by atoms with Crippen LogP contribution in [0.5, 0.6) is 0 Å². The van der Waals surface area contributed by atoms with Gasteiger partial charge in [0.15, 0.2) is 5.82 Å². The van der Waals surface area contributed by atoms with Crippen molar-refractivity contribution < 1.29 is 4.39 Å². The van der Waals surface area contributed by atoms with Crippen molar-refractivity contribution in [2.75, 3.05) is 0 Å². The van der Waals surface area contributed by atoms with E-state index < -0.39 is 0 Å². The Hall–Kier alpha value is -1.75. The van der Waals surface area contributed by atoms with E-state index in [1.165, 1.54) is 12.1 Å². The van der Waals surface area contributed by atoms with Crippen LogP contribution < -0.4 is 5.73 Å². The number of hydrogen-bond donors (Lipinski definition) is 2. The van der Waals surface area contributed by atoms with Gasteiger partial charge in [-0.05, 0) is 49.9 Å². The molecule has 3 N–H and O–H groups in total. The zero-order valence-electron chi connectivity index (χ0n) is 12.6. The van der Waals surface area contributed by atoms with Crippen molar-refractivity contribution in [2.45, 2.75) is 51.5 Å². The normalized spacial score (nSPS) is 21.5. The van der Waals surface area contributed by atoms with Gasteiger partial charge in [0.2, 0.25) is 0 Å². The molecule has 0 saturated heterocycles. The van der Waals surface area contributed by atoms with E-state index >= 15 is 0 Å². The minimum absolute atomic E-state index is 0.249. The molecule has 0 aliphatic heterocycles. The van der Waals surface area contributed by atoms with Crippen LogP contribution in [0.3, 0.4) is 0 Å². The Kier molecular flexibility index (Phi) is 5.44. The highest BCUT2D eigenvalue weighted by molar-refractivity contribution is 5.54. The first-order chi connectivity index (χ1) is 10.2. The molecule has 0 bridgehead atoms. The van der Waals surface area contributed by atoms with Gasteiger partial charge in [0.25, 0.3) is 0 Å². The van der Waals surface area contributed by atoms with Crippen LogP contribution in [-0.4, -0.2) is 21.2 Å². The summed E-state index contributed by atoms with van der Waals surface area (Å²) in [6, 6.07) is 6.56. The number of H-pyrrole nitrogens is 1. The largest absolute Gasteiger partial charge is 0.328 e. The predicted octanol–water partition coefficient (Wildman–Crippen LogP) is 3.62. The molecular formula is C16H23FN4. The lowest BCUT2D eigenvalue weighted by molar-refractivity contribution is 0.385. The fourth-order valence-electron chi connectivity index (χ4n) is 2.58.